The number of aliphatic hydroxyl groups excluding tert-OH is 1. The highest BCUT2D eigenvalue weighted by Gasteiger charge is 2.28. The van der Waals surface area contributed by atoms with Crippen molar-refractivity contribution in [2.45, 2.75) is 12.8 Å². The van der Waals surface area contributed by atoms with Gasteiger partial charge in [0, 0.05) is 58.0 Å². The second kappa shape index (κ2) is 12.3. The molecule has 1 amide bonds. The van der Waals surface area contributed by atoms with E-state index >= 15 is 0 Å². The maximum Gasteiger partial charge on any atom is 0.257 e. The number of aliphatic hydroxyl groups is 1. The summed E-state index contributed by atoms with van der Waals surface area (Å²) in [6, 6.07) is 20.2. The topological polar surface area (TPSA) is 59.9 Å². The minimum absolute atomic E-state index is 0.0104. The number of pyridine rings is 1. The zero-order chi connectivity index (χ0) is 26.3. The molecule has 0 saturated carbocycles. The molecule has 3 heterocycles. The number of anilines is 1. The van der Waals surface area contributed by atoms with E-state index in [-0.39, 0.29) is 24.2 Å². The summed E-state index contributed by atoms with van der Waals surface area (Å²) < 4.78 is 13.5. The largest absolute Gasteiger partial charge is 0.396 e. The molecule has 1 atom stereocenters. The van der Waals surface area contributed by atoms with E-state index in [0.29, 0.717) is 36.7 Å². The Balaban J connectivity index is 1.30. The van der Waals surface area contributed by atoms with E-state index in [1.807, 2.05) is 35.2 Å². The molecular weight excluding hydrogens is 479 g/mol. The summed E-state index contributed by atoms with van der Waals surface area (Å²) in [6.07, 6.45) is 6.22. The van der Waals surface area contributed by atoms with Gasteiger partial charge in [-0.15, -0.1) is 0 Å². The lowest BCUT2D eigenvalue weighted by Crippen LogP contribution is -2.49. The molecule has 5 rings (SSSR count). The number of rotatable bonds is 7. The maximum absolute atomic E-state index is 13.7. The average Bonchev–Trinajstić information content (AvgIpc) is 2.98. The fraction of sp³-hybridized carbons (Fsp3) is 0.355. The first-order valence-electron chi connectivity index (χ1n) is 13.5. The predicted molar refractivity (Wildman–Crippen MR) is 149 cm³/mol. The summed E-state index contributed by atoms with van der Waals surface area (Å²) in [5, 5.41) is 9.78. The van der Waals surface area contributed by atoms with Gasteiger partial charge in [0.05, 0.1) is 11.3 Å². The Kier molecular flexibility index (Phi) is 8.46. The molecule has 38 heavy (non-hydrogen) atoms. The highest BCUT2D eigenvalue weighted by Crippen LogP contribution is 2.29. The van der Waals surface area contributed by atoms with Crippen LogP contribution in [-0.2, 0) is 0 Å². The van der Waals surface area contributed by atoms with Gasteiger partial charge in [0.1, 0.15) is 11.6 Å². The van der Waals surface area contributed by atoms with Gasteiger partial charge in [0.15, 0.2) is 0 Å². The van der Waals surface area contributed by atoms with Crippen molar-refractivity contribution >= 4 is 17.8 Å². The Morgan fingerprint density at radius 1 is 0.974 bits per heavy atom. The number of hydrogen-bond acceptors (Lipinski definition) is 5. The second-order valence-corrected chi connectivity index (χ2v) is 10.1. The van der Waals surface area contributed by atoms with E-state index in [4.69, 9.17) is 4.98 Å². The van der Waals surface area contributed by atoms with Crippen LogP contribution in [0.4, 0.5) is 10.2 Å². The van der Waals surface area contributed by atoms with Crippen LogP contribution in [0.5, 0.6) is 0 Å². The minimum atomic E-state index is -0.294. The smallest absolute Gasteiger partial charge is 0.257 e. The van der Waals surface area contributed by atoms with Gasteiger partial charge in [-0.2, -0.15) is 0 Å². The summed E-state index contributed by atoms with van der Waals surface area (Å²) in [6.45, 7) is 5.39. The van der Waals surface area contributed by atoms with Crippen LogP contribution in [0.2, 0.25) is 0 Å². The fourth-order valence-electron chi connectivity index (χ4n) is 5.25. The molecule has 0 radical (unpaired) electrons. The first-order chi connectivity index (χ1) is 18.6. The van der Waals surface area contributed by atoms with Gasteiger partial charge in [-0.05, 0) is 60.7 Å². The Morgan fingerprint density at radius 2 is 1.74 bits per heavy atom. The van der Waals surface area contributed by atoms with Crippen LogP contribution in [-0.4, -0.2) is 78.2 Å². The van der Waals surface area contributed by atoms with E-state index in [2.05, 4.69) is 34.1 Å². The summed E-state index contributed by atoms with van der Waals surface area (Å²) >= 11 is 0. The highest BCUT2D eigenvalue weighted by molar-refractivity contribution is 5.99. The van der Waals surface area contributed by atoms with Gasteiger partial charge in [-0.25, -0.2) is 9.37 Å². The van der Waals surface area contributed by atoms with Crippen LogP contribution in [0.1, 0.15) is 28.8 Å². The van der Waals surface area contributed by atoms with Crippen LogP contribution in [0.15, 0.2) is 72.8 Å². The third-order valence-corrected chi connectivity index (χ3v) is 7.46. The fourth-order valence-corrected chi connectivity index (χ4v) is 5.25. The van der Waals surface area contributed by atoms with E-state index in [1.165, 1.54) is 17.7 Å². The number of nitrogens with zero attached hydrogens (tertiary/aromatic N) is 4. The molecule has 1 aromatic heterocycles. The molecular formula is C31H35FN4O2. The third kappa shape index (κ3) is 6.29. The van der Waals surface area contributed by atoms with Crippen molar-refractivity contribution in [1.82, 2.24) is 14.8 Å². The van der Waals surface area contributed by atoms with E-state index < -0.39 is 0 Å². The average molecular weight is 515 g/mol. The van der Waals surface area contributed by atoms with Crippen molar-refractivity contribution in [3.63, 3.8) is 0 Å². The Morgan fingerprint density at radius 3 is 2.47 bits per heavy atom. The highest BCUT2D eigenvalue weighted by atomic mass is 19.1. The first kappa shape index (κ1) is 26.1. The molecule has 2 aromatic carbocycles. The van der Waals surface area contributed by atoms with E-state index in [0.717, 1.165) is 44.6 Å². The normalized spacial score (nSPS) is 18.7. The molecule has 0 aliphatic carbocycles. The van der Waals surface area contributed by atoms with Gasteiger partial charge in [0.2, 0.25) is 0 Å². The lowest BCUT2D eigenvalue weighted by molar-refractivity contribution is 0.0650. The van der Waals surface area contributed by atoms with Gasteiger partial charge >= 0.3 is 0 Å². The van der Waals surface area contributed by atoms with Gasteiger partial charge in [-0.3, -0.25) is 9.69 Å². The number of carbonyl (C=O) groups is 1. The Labute approximate surface area is 224 Å². The lowest BCUT2D eigenvalue weighted by Gasteiger charge is -2.36. The molecule has 0 unspecified atom stereocenters. The zero-order valence-electron chi connectivity index (χ0n) is 21.7. The molecule has 1 N–H and O–H groups in total. The standard InChI is InChI=1S/C31H35FN4O2/c32-27-12-10-26(11-13-27)29-15-14-28(30(33-29)36-17-5-9-25(22-36)23-37)31(38)35-20-18-34(19-21-35)16-4-8-24-6-2-1-3-7-24/h1-4,6-8,10-15,25,37H,5,9,16-23H2/b8-4+/t25-/m0/s1. The number of hydrogen-bond donors (Lipinski definition) is 1. The number of benzene rings is 2. The van der Waals surface area contributed by atoms with Crippen molar-refractivity contribution in [1.29, 1.82) is 0 Å². The third-order valence-electron chi connectivity index (χ3n) is 7.46. The van der Waals surface area contributed by atoms with Crippen molar-refractivity contribution in [2.75, 3.05) is 57.3 Å². The number of aromatic nitrogens is 1. The van der Waals surface area contributed by atoms with Gasteiger partial charge < -0.3 is 14.9 Å². The summed E-state index contributed by atoms with van der Waals surface area (Å²) in [4.78, 5) is 25.1. The maximum atomic E-state index is 13.7. The molecule has 6 nitrogen and oxygen atoms in total. The lowest BCUT2D eigenvalue weighted by atomic mass is 9.98. The van der Waals surface area contributed by atoms with Crippen molar-refractivity contribution in [3.05, 3.63) is 89.8 Å². The zero-order valence-corrected chi connectivity index (χ0v) is 21.7. The Bertz CT molecular complexity index is 1240. The van der Waals surface area contributed by atoms with Crippen LogP contribution in [0.3, 0.4) is 0 Å². The SMILES string of the molecule is O=C(c1ccc(-c2ccc(F)cc2)nc1N1CCC[C@H](CO)C1)N1CCN(C/C=C/c2ccccc2)CC1. The van der Waals surface area contributed by atoms with Crippen molar-refractivity contribution < 1.29 is 14.3 Å². The molecule has 2 aliphatic heterocycles. The van der Waals surface area contributed by atoms with Crippen molar-refractivity contribution in [2.24, 2.45) is 5.92 Å². The first-order valence-corrected chi connectivity index (χ1v) is 13.5. The van der Waals surface area contributed by atoms with Gasteiger partial charge in [-0.1, -0.05) is 42.5 Å². The van der Waals surface area contributed by atoms with Crippen LogP contribution < -0.4 is 4.90 Å². The molecule has 0 bridgehead atoms. The van der Waals surface area contributed by atoms with E-state index in [9.17, 15) is 14.3 Å². The number of piperidine rings is 1. The predicted octanol–water partition coefficient (Wildman–Crippen LogP) is 4.57. The second-order valence-electron chi connectivity index (χ2n) is 10.1. The van der Waals surface area contributed by atoms with Crippen LogP contribution in [0, 0.1) is 11.7 Å². The summed E-state index contributed by atoms with van der Waals surface area (Å²) in [5.41, 5.74) is 3.29. The quantitative estimate of drug-likeness (QED) is 0.501. The molecule has 2 fully saturated rings. The van der Waals surface area contributed by atoms with Crippen LogP contribution >= 0.6 is 0 Å². The number of amides is 1. The number of carbonyl (C=O) groups excluding carboxylic acids is 1. The summed E-state index contributed by atoms with van der Waals surface area (Å²) in [7, 11) is 0. The molecule has 2 aliphatic rings. The Hall–Kier alpha value is -3.55. The summed E-state index contributed by atoms with van der Waals surface area (Å²) in [5.74, 6) is 0.514. The van der Waals surface area contributed by atoms with Crippen molar-refractivity contribution in [3.8, 4) is 11.3 Å². The number of piperazine rings is 1. The monoisotopic (exact) mass is 514 g/mol. The molecule has 3 aromatic rings. The molecule has 2 saturated heterocycles. The minimum Gasteiger partial charge on any atom is -0.396 e. The molecule has 7 heteroatoms. The molecule has 0 spiro atoms. The number of halogens is 1. The molecule has 198 valence electrons. The van der Waals surface area contributed by atoms with E-state index in [1.54, 1.807) is 12.1 Å². The van der Waals surface area contributed by atoms with Crippen LogP contribution in [0.25, 0.3) is 17.3 Å². The van der Waals surface area contributed by atoms with Gasteiger partial charge in [0.25, 0.3) is 5.91 Å².